The molecule has 1 saturated carbocycles. The molecule has 68 heavy (non-hydrogen) atoms. The fraction of sp³-hybridized carbons (Fsp3) is 0.460. The van der Waals surface area contributed by atoms with Gasteiger partial charge < -0.3 is 35.1 Å². The summed E-state index contributed by atoms with van der Waals surface area (Å²) in [5.74, 6) is -0.931. The van der Waals surface area contributed by atoms with Crippen LogP contribution in [0.3, 0.4) is 0 Å². The van der Waals surface area contributed by atoms with Crippen LogP contribution in [0.15, 0.2) is 65.4 Å². The maximum absolute atomic E-state index is 15.0. The van der Waals surface area contributed by atoms with Crippen molar-refractivity contribution in [2.45, 2.75) is 63.8 Å². The molecule has 0 spiro atoms. The minimum absolute atomic E-state index is 0.0647. The molecule has 2 aromatic heterocycles. The number of carbonyl (C=O) groups is 2. The number of para-hydroxylation sites is 1. The van der Waals surface area contributed by atoms with Crippen LogP contribution in [-0.4, -0.2) is 115 Å². The van der Waals surface area contributed by atoms with Crippen LogP contribution in [0, 0.1) is 23.5 Å². The number of amides is 2. The maximum Gasteiger partial charge on any atom is 0.234 e. The quantitative estimate of drug-likeness (QED) is 0.0585. The molecule has 18 heteroatoms. The predicted octanol–water partition coefficient (Wildman–Crippen LogP) is 8.62. The number of anilines is 6. The summed E-state index contributed by atoms with van der Waals surface area (Å²) in [6.45, 7) is 13.6. The Morgan fingerprint density at radius 3 is 2.32 bits per heavy atom. The van der Waals surface area contributed by atoms with Gasteiger partial charge in [0.1, 0.15) is 30.3 Å². The number of aromatic nitrogens is 3. The van der Waals surface area contributed by atoms with Crippen LogP contribution >= 0.6 is 23.1 Å². The highest BCUT2D eigenvalue weighted by atomic mass is 79.9. The minimum atomic E-state index is -2.72. The number of aryl methyl sites for hydroxylation is 1. The van der Waals surface area contributed by atoms with Crippen LogP contribution < -0.4 is 36.2 Å². The number of piperazine rings is 1. The number of methoxy groups -OCH3 is 1. The first-order valence-electron chi connectivity index (χ1n) is 23.7. The van der Waals surface area contributed by atoms with E-state index in [0.717, 1.165) is 99.8 Å². The monoisotopic (exact) mass is 1010 g/mol. The first-order valence-corrected chi connectivity index (χ1v) is 27.1. The van der Waals surface area contributed by atoms with Gasteiger partial charge in [-0.3, -0.25) is 24.8 Å². The molecule has 1 aliphatic carbocycles. The molecular weight excluding hydrogens is 953 g/mol. The van der Waals surface area contributed by atoms with Crippen molar-refractivity contribution in [3.05, 3.63) is 88.2 Å². The molecule has 2 amide bonds. The van der Waals surface area contributed by atoms with E-state index in [2.05, 4.69) is 80.9 Å². The number of ether oxygens (including phenoxy) is 1. The molecule has 5 heterocycles. The van der Waals surface area contributed by atoms with Gasteiger partial charge in [0.05, 0.1) is 40.6 Å². The van der Waals surface area contributed by atoms with E-state index in [4.69, 9.17) is 9.72 Å². The third kappa shape index (κ3) is 10.5. The van der Waals surface area contributed by atoms with Crippen molar-refractivity contribution in [1.82, 2.24) is 30.1 Å². The number of halogens is 3. The number of rotatable bonds is 15. The molecule has 1 atom stereocenters. The van der Waals surface area contributed by atoms with E-state index in [0.29, 0.717) is 57.8 Å². The molecule has 0 bridgehead atoms. The average Bonchev–Trinajstić information content (AvgIpc) is 3.31. The normalized spacial score (nSPS) is 20.8. The molecule has 0 radical (unpaired) electrons. The standard InChI is InChI=1S/C50H60BrF2N10O4P/c1-5-32-22-41(58-50-56-27-37(51)48(60-50)57-42-28-55-40-9-7-6-8-35(40)47(42)68(3,4)66)44(67-2)25-43(32)63-14-12-34(13-15-63)62-18-16-61(17-19-62)29-31-20-30(21-31)26-54-33-23-38(52)46(39(53)24-33)36-10-11-45(64)59-49(36)65/h6-9,22-25,27-28,30-31,34,36,54H,5,10-21,26,29H2,1-4H3,(H,59,64,65)(H2,56,57,58,60). The highest BCUT2D eigenvalue weighted by Crippen LogP contribution is 2.42. The Bertz CT molecular complexity index is 2720. The van der Waals surface area contributed by atoms with E-state index >= 15 is 8.78 Å². The van der Waals surface area contributed by atoms with Crippen LogP contribution in [0.5, 0.6) is 5.75 Å². The van der Waals surface area contributed by atoms with Gasteiger partial charge in [-0.2, -0.15) is 4.98 Å². The van der Waals surface area contributed by atoms with Gasteiger partial charge in [-0.15, -0.1) is 0 Å². The first kappa shape index (κ1) is 47.8. The van der Waals surface area contributed by atoms with Gasteiger partial charge in [0.2, 0.25) is 17.8 Å². The Labute approximate surface area is 404 Å². The lowest BCUT2D eigenvalue weighted by Crippen LogP contribution is -2.54. The molecule has 3 aromatic carbocycles. The molecule has 3 saturated heterocycles. The number of nitrogens with one attached hydrogen (secondary N) is 4. The molecule has 1 unspecified atom stereocenters. The number of benzene rings is 3. The van der Waals surface area contributed by atoms with Gasteiger partial charge in [0, 0.05) is 105 Å². The molecule has 4 N–H and O–H groups in total. The average molecular weight is 1010 g/mol. The molecular formula is C50H60BrF2N10O4P. The molecule has 4 aliphatic rings. The van der Waals surface area contributed by atoms with Crippen molar-refractivity contribution < 1.29 is 27.7 Å². The summed E-state index contributed by atoms with van der Waals surface area (Å²) >= 11 is 3.60. The number of piperidine rings is 2. The highest BCUT2D eigenvalue weighted by Gasteiger charge is 2.35. The number of fused-ring (bicyclic) bond motifs is 1. The van der Waals surface area contributed by atoms with Crippen molar-refractivity contribution in [3.63, 3.8) is 0 Å². The van der Waals surface area contributed by atoms with E-state index < -0.39 is 36.5 Å². The van der Waals surface area contributed by atoms with E-state index in [9.17, 15) is 14.2 Å². The molecule has 9 rings (SSSR count). The summed E-state index contributed by atoms with van der Waals surface area (Å²) < 4.78 is 50.2. The van der Waals surface area contributed by atoms with Gasteiger partial charge >= 0.3 is 0 Å². The second-order valence-electron chi connectivity index (χ2n) is 19.1. The lowest BCUT2D eigenvalue weighted by Gasteiger charge is -2.45. The Morgan fingerprint density at radius 1 is 0.897 bits per heavy atom. The van der Waals surface area contributed by atoms with Crippen molar-refractivity contribution in [2.75, 3.05) is 93.6 Å². The summed E-state index contributed by atoms with van der Waals surface area (Å²) in [5.41, 5.74) is 4.68. The zero-order valence-corrected chi connectivity index (χ0v) is 41.6. The number of hydrogen-bond acceptors (Lipinski definition) is 13. The number of carbonyl (C=O) groups excluding carboxylic acids is 2. The Hall–Kier alpha value is -5.22. The van der Waals surface area contributed by atoms with Gasteiger partial charge in [-0.1, -0.05) is 25.1 Å². The molecule has 3 aliphatic heterocycles. The minimum Gasteiger partial charge on any atom is -0.494 e. The second-order valence-corrected chi connectivity index (χ2v) is 23.1. The largest absolute Gasteiger partial charge is 0.494 e. The van der Waals surface area contributed by atoms with Gasteiger partial charge in [0.15, 0.2) is 0 Å². The van der Waals surface area contributed by atoms with E-state index in [1.165, 1.54) is 23.4 Å². The summed E-state index contributed by atoms with van der Waals surface area (Å²) in [4.78, 5) is 45.5. The van der Waals surface area contributed by atoms with Crippen LogP contribution in [0.2, 0.25) is 0 Å². The molecule has 360 valence electrons. The predicted molar refractivity (Wildman–Crippen MR) is 269 cm³/mol. The summed E-state index contributed by atoms with van der Waals surface area (Å²) in [7, 11) is -1.03. The Morgan fingerprint density at radius 2 is 1.63 bits per heavy atom. The lowest BCUT2D eigenvalue weighted by atomic mass is 9.74. The van der Waals surface area contributed by atoms with Crippen LogP contribution in [-0.2, 0) is 20.6 Å². The highest BCUT2D eigenvalue weighted by molar-refractivity contribution is 9.10. The number of pyridine rings is 1. The Kier molecular flexibility index (Phi) is 14.3. The van der Waals surface area contributed by atoms with Gasteiger partial charge in [-0.05, 0) is 109 Å². The van der Waals surface area contributed by atoms with E-state index in [1.807, 2.05) is 24.3 Å². The fourth-order valence-corrected chi connectivity index (χ4v) is 12.4. The molecule has 5 aromatic rings. The zero-order valence-electron chi connectivity index (χ0n) is 39.1. The lowest BCUT2D eigenvalue weighted by molar-refractivity contribution is -0.134. The zero-order chi connectivity index (χ0) is 47.7. The van der Waals surface area contributed by atoms with Crippen molar-refractivity contribution >= 4 is 85.6 Å². The number of imide groups is 1. The molecule has 14 nitrogen and oxygen atoms in total. The number of nitrogens with zero attached hydrogens (tertiary/aromatic N) is 6. The summed E-state index contributed by atoms with van der Waals surface area (Å²) in [5, 5.41) is 13.8. The van der Waals surface area contributed by atoms with Crippen LogP contribution in [0.4, 0.5) is 43.3 Å². The van der Waals surface area contributed by atoms with Gasteiger partial charge in [-0.25, -0.2) is 13.8 Å². The van der Waals surface area contributed by atoms with Crippen molar-refractivity contribution in [3.8, 4) is 5.75 Å². The smallest absolute Gasteiger partial charge is 0.234 e. The Balaban J connectivity index is 0.744. The second kappa shape index (κ2) is 20.4. The van der Waals surface area contributed by atoms with Gasteiger partial charge in [0.25, 0.3) is 0 Å². The maximum atomic E-state index is 15.0. The van der Waals surface area contributed by atoms with Crippen LogP contribution in [0.1, 0.15) is 62.5 Å². The third-order valence-electron chi connectivity index (χ3n) is 14.2. The number of hydrogen-bond donors (Lipinski definition) is 4. The summed E-state index contributed by atoms with van der Waals surface area (Å²) in [6.07, 6.45) is 8.76. The first-order chi connectivity index (χ1) is 32.7. The van der Waals surface area contributed by atoms with E-state index in [1.54, 1.807) is 32.8 Å². The van der Waals surface area contributed by atoms with Crippen molar-refractivity contribution in [1.29, 1.82) is 0 Å². The van der Waals surface area contributed by atoms with E-state index in [-0.39, 0.29) is 18.4 Å². The van der Waals surface area contributed by atoms with Crippen molar-refractivity contribution in [2.24, 2.45) is 11.8 Å². The van der Waals surface area contributed by atoms with Crippen LogP contribution in [0.25, 0.3) is 10.9 Å². The SMILES string of the molecule is CCc1cc(Nc2ncc(Br)c(Nc3cnc4ccccc4c3P(C)(C)=O)n2)c(OC)cc1N1CCC(N2CCN(CC3CC(CNc4cc(F)c(C5CCC(=O)NC5=O)c(F)c4)C3)CC2)CC1. The summed E-state index contributed by atoms with van der Waals surface area (Å²) in [6, 6.07) is 15.1. The fourth-order valence-electron chi connectivity index (χ4n) is 10.6. The topological polar surface area (TPSA) is 157 Å². The third-order valence-corrected chi connectivity index (χ3v) is 16.3. The molecule has 4 fully saturated rings.